The van der Waals surface area contributed by atoms with Crippen molar-refractivity contribution in [1.82, 2.24) is 20.4 Å². The third-order valence-electron chi connectivity index (χ3n) is 5.66. The number of likely N-dealkylation sites (tertiary alicyclic amines) is 1. The zero-order valence-corrected chi connectivity index (χ0v) is 21.6. The summed E-state index contributed by atoms with van der Waals surface area (Å²) in [5, 5.41) is 6.10. The molecule has 31 heavy (non-hydrogen) atoms. The van der Waals surface area contributed by atoms with E-state index < -0.39 is 0 Å². The summed E-state index contributed by atoms with van der Waals surface area (Å²) in [5.74, 6) is 1.55. The van der Waals surface area contributed by atoms with E-state index in [1.807, 2.05) is 43.0 Å². The fraction of sp³-hybridized carbons (Fsp3) is 0.609. The zero-order chi connectivity index (χ0) is 21.9. The van der Waals surface area contributed by atoms with Gasteiger partial charge < -0.3 is 20.4 Å². The number of benzene rings is 1. The van der Waals surface area contributed by atoms with Crippen LogP contribution in [0.15, 0.2) is 29.3 Å². The first kappa shape index (κ1) is 27.2. The van der Waals surface area contributed by atoms with Gasteiger partial charge in [-0.3, -0.25) is 9.59 Å². The molecular formula is C23H38IN5O2. The number of nitrogens with one attached hydrogen (secondary N) is 2. The molecule has 2 N–H and O–H groups in total. The Morgan fingerprint density at radius 3 is 2.23 bits per heavy atom. The van der Waals surface area contributed by atoms with Crippen LogP contribution in [0.4, 0.5) is 0 Å². The van der Waals surface area contributed by atoms with E-state index in [1.54, 1.807) is 7.05 Å². The van der Waals surface area contributed by atoms with Crippen molar-refractivity contribution in [1.29, 1.82) is 0 Å². The van der Waals surface area contributed by atoms with Gasteiger partial charge in [0, 0.05) is 51.8 Å². The molecule has 1 aromatic carbocycles. The second-order valence-electron chi connectivity index (χ2n) is 7.65. The number of hydrogen-bond donors (Lipinski definition) is 2. The van der Waals surface area contributed by atoms with Crippen LogP contribution in [-0.2, 0) is 11.3 Å². The normalized spacial score (nSPS) is 14.6. The first-order valence-corrected chi connectivity index (χ1v) is 11.1. The fourth-order valence-corrected chi connectivity index (χ4v) is 3.75. The van der Waals surface area contributed by atoms with Gasteiger partial charge in [0.2, 0.25) is 5.91 Å². The van der Waals surface area contributed by atoms with Crippen molar-refractivity contribution in [3.8, 4) is 0 Å². The van der Waals surface area contributed by atoms with Crippen molar-refractivity contribution >= 4 is 41.8 Å². The highest BCUT2D eigenvalue weighted by Crippen LogP contribution is 2.20. The molecule has 0 saturated carbocycles. The summed E-state index contributed by atoms with van der Waals surface area (Å²) in [7, 11) is 1.69. The standard InChI is InChI=1S/C23H37N5O2.HI/c1-5-25-23(28-14-12-18(13-15-28)16-21(29)24-4)26-17-19-8-10-20(11-9-19)22(30)27(6-2)7-3;/h8-11,18H,5-7,12-17H2,1-4H3,(H,24,29)(H,25,26);1H. The Kier molecular flexibility index (Phi) is 12.5. The highest BCUT2D eigenvalue weighted by molar-refractivity contribution is 14.0. The van der Waals surface area contributed by atoms with Crippen LogP contribution in [0.2, 0.25) is 0 Å². The van der Waals surface area contributed by atoms with Crippen LogP contribution in [0.25, 0.3) is 0 Å². The van der Waals surface area contributed by atoms with Crippen LogP contribution in [-0.4, -0.2) is 67.3 Å². The Morgan fingerprint density at radius 1 is 1.10 bits per heavy atom. The zero-order valence-electron chi connectivity index (χ0n) is 19.3. The minimum Gasteiger partial charge on any atom is -0.359 e. The van der Waals surface area contributed by atoms with Gasteiger partial charge in [0.25, 0.3) is 5.91 Å². The number of nitrogens with zero attached hydrogens (tertiary/aromatic N) is 3. The highest BCUT2D eigenvalue weighted by atomic mass is 127. The Hall–Kier alpha value is -1.84. The number of halogens is 1. The molecule has 0 aromatic heterocycles. The third kappa shape index (κ3) is 8.31. The molecule has 7 nitrogen and oxygen atoms in total. The predicted octanol–water partition coefficient (Wildman–Crippen LogP) is 3.10. The fourth-order valence-electron chi connectivity index (χ4n) is 3.75. The molecule has 0 unspecified atom stereocenters. The molecule has 0 radical (unpaired) electrons. The molecule has 1 heterocycles. The molecule has 1 fully saturated rings. The van der Waals surface area contributed by atoms with Crippen LogP contribution in [0.1, 0.15) is 56.0 Å². The van der Waals surface area contributed by atoms with Gasteiger partial charge in [-0.15, -0.1) is 24.0 Å². The van der Waals surface area contributed by atoms with E-state index >= 15 is 0 Å². The lowest BCUT2D eigenvalue weighted by Gasteiger charge is -2.34. The Bertz CT molecular complexity index is 711. The van der Waals surface area contributed by atoms with Crippen molar-refractivity contribution in [3.63, 3.8) is 0 Å². The molecule has 2 rings (SSSR count). The van der Waals surface area contributed by atoms with Crippen LogP contribution in [0.5, 0.6) is 0 Å². The largest absolute Gasteiger partial charge is 0.359 e. The smallest absolute Gasteiger partial charge is 0.253 e. The van der Waals surface area contributed by atoms with Gasteiger partial charge in [0.15, 0.2) is 5.96 Å². The monoisotopic (exact) mass is 543 g/mol. The van der Waals surface area contributed by atoms with Crippen LogP contribution in [0, 0.1) is 5.92 Å². The third-order valence-corrected chi connectivity index (χ3v) is 5.66. The number of hydrogen-bond acceptors (Lipinski definition) is 3. The van der Waals surface area contributed by atoms with E-state index in [9.17, 15) is 9.59 Å². The van der Waals surface area contributed by atoms with E-state index in [4.69, 9.17) is 4.99 Å². The van der Waals surface area contributed by atoms with E-state index in [0.717, 1.165) is 49.6 Å². The minimum atomic E-state index is 0. The minimum absolute atomic E-state index is 0. The SMILES string of the molecule is CCNC(=NCc1ccc(C(=O)N(CC)CC)cc1)N1CCC(CC(=O)NC)CC1.I. The second-order valence-corrected chi connectivity index (χ2v) is 7.65. The molecular weight excluding hydrogens is 505 g/mol. The lowest BCUT2D eigenvalue weighted by Crippen LogP contribution is -2.46. The Labute approximate surface area is 204 Å². The molecule has 0 atom stereocenters. The van der Waals surface area contributed by atoms with Crippen molar-refractivity contribution in [2.75, 3.05) is 39.8 Å². The average molecular weight is 543 g/mol. The summed E-state index contributed by atoms with van der Waals surface area (Å²) >= 11 is 0. The van der Waals surface area contributed by atoms with Gasteiger partial charge >= 0.3 is 0 Å². The summed E-state index contributed by atoms with van der Waals surface area (Å²) < 4.78 is 0. The maximum absolute atomic E-state index is 12.4. The van der Waals surface area contributed by atoms with Gasteiger partial charge in [-0.1, -0.05) is 12.1 Å². The molecule has 1 aliphatic heterocycles. The molecule has 8 heteroatoms. The van der Waals surface area contributed by atoms with Gasteiger partial charge in [0.05, 0.1) is 6.54 Å². The summed E-state index contributed by atoms with van der Waals surface area (Å²) in [6.07, 6.45) is 2.61. The lowest BCUT2D eigenvalue weighted by molar-refractivity contribution is -0.121. The molecule has 174 valence electrons. The van der Waals surface area contributed by atoms with E-state index in [1.165, 1.54) is 0 Å². The quantitative estimate of drug-likeness (QED) is 0.300. The van der Waals surface area contributed by atoms with Crippen LogP contribution in [0.3, 0.4) is 0 Å². The number of carbonyl (C=O) groups is 2. The van der Waals surface area contributed by atoms with E-state index in [0.29, 0.717) is 32.0 Å². The molecule has 0 spiro atoms. The highest BCUT2D eigenvalue weighted by Gasteiger charge is 2.23. The predicted molar refractivity (Wildman–Crippen MR) is 137 cm³/mol. The number of guanidine groups is 1. The molecule has 0 aliphatic carbocycles. The molecule has 2 amide bonds. The molecule has 1 aromatic rings. The Balaban J connectivity index is 0.00000480. The van der Waals surface area contributed by atoms with Crippen molar-refractivity contribution < 1.29 is 9.59 Å². The Morgan fingerprint density at radius 2 is 1.71 bits per heavy atom. The first-order chi connectivity index (χ1) is 14.5. The lowest BCUT2D eigenvalue weighted by atomic mass is 9.93. The number of rotatable bonds is 8. The van der Waals surface area contributed by atoms with Crippen LogP contribution >= 0.6 is 24.0 Å². The van der Waals surface area contributed by atoms with Crippen molar-refractivity contribution in [2.45, 2.75) is 46.6 Å². The van der Waals surface area contributed by atoms with E-state index in [2.05, 4.69) is 22.5 Å². The average Bonchev–Trinajstić information content (AvgIpc) is 2.78. The van der Waals surface area contributed by atoms with Gasteiger partial charge in [-0.05, 0) is 57.2 Å². The first-order valence-electron chi connectivity index (χ1n) is 11.1. The number of piperidine rings is 1. The molecule has 0 bridgehead atoms. The van der Waals surface area contributed by atoms with Crippen LogP contribution < -0.4 is 10.6 Å². The number of amides is 2. The van der Waals surface area contributed by atoms with Gasteiger partial charge in [-0.25, -0.2) is 4.99 Å². The molecule has 1 aliphatic rings. The second kappa shape index (κ2) is 14.3. The van der Waals surface area contributed by atoms with Gasteiger partial charge in [0.1, 0.15) is 0 Å². The van der Waals surface area contributed by atoms with Gasteiger partial charge in [-0.2, -0.15) is 0 Å². The molecule has 1 saturated heterocycles. The summed E-state index contributed by atoms with van der Waals surface area (Å²) in [4.78, 5) is 33.0. The summed E-state index contributed by atoms with van der Waals surface area (Å²) in [6, 6.07) is 7.75. The summed E-state index contributed by atoms with van der Waals surface area (Å²) in [5.41, 5.74) is 1.80. The topological polar surface area (TPSA) is 77.0 Å². The van der Waals surface area contributed by atoms with Crippen molar-refractivity contribution in [2.24, 2.45) is 10.9 Å². The maximum atomic E-state index is 12.4. The number of carbonyl (C=O) groups excluding carboxylic acids is 2. The number of aliphatic imine (C=N–C) groups is 1. The van der Waals surface area contributed by atoms with Crippen molar-refractivity contribution in [3.05, 3.63) is 35.4 Å². The maximum Gasteiger partial charge on any atom is 0.253 e. The summed E-state index contributed by atoms with van der Waals surface area (Å²) in [6.45, 7) is 10.7. The van der Waals surface area contributed by atoms with E-state index in [-0.39, 0.29) is 35.8 Å².